The first kappa shape index (κ1) is 16.7. The molecular formula is C18H15FN2O4. The van der Waals surface area contributed by atoms with Crippen LogP contribution in [-0.2, 0) is 4.84 Å². The number of rotatable bonds is 6. The highest BCUT2D eigenvalue weighted by atomic mass is 19.1. The van der Waals surface area contributed by atoms with E-state index >= 15 is 0 Å². The molecule has 2 aromatic carbocycles. The lowest BCUT2D eigenvalue weighted by atomic mass is 10.1. The summed E-state index contributed by atoms with van der Waals surface area (Å²) in [6.07, 6.45) is 0. The Morgan fingerprint density at radius 3 is 2.68 bits per heavy atom. The van der Waals surface area contributed by atoms with E-state index in [0.717, 1.165) is 0 Å². The van der Waals surface area contributed by atoms with Crippen LogP contribution < -0.4 is 15.8 Å². The second-order valence-electron chi connectivity index (χ2n) is 5.18. The van der Waals surface area contributed by atoms with E-state index in [4.69, 9.17) is 9.57 Å². The molecule has 0 saturated heterocycles. The maximum Gasteiger partial charge on any atom is 0.280 e. The van der Waals surface area contributed by atoms with Crippen LogP contribution in [-0.4, -0.2) is 24.1 Å². The molecule has 128 valence electrons. The van der Waals surface area contributed by atoms with E-state index in [2.05, 4.69) is 10.5 Å². The molecule has 0 saturated carbocycles. The minimum absolute atomic E-state index is 0.108. The van der Waals surface area contributed by atoms with Crippen LogP contribution in [0.15, 0.2) is 59.4 Å². The maximum absolute atomic E-state index is 13.2. The first-order chi connectivity index (χ1) is 12.1. The van der Waals surface area contributed by atoms with Gasteiger partial charge in [0.2, 0.25) is 0 Å². The third-order valence-electron chi connectivity index (χ3n) is 3.41. The van der Waals surface area contributed by atoms with Crippen molar-refractivity contribution in [3.63, 3.8) is 0 Å². The minimum atomic E-state index is -0.688. The third-order valence-corrected chi connectivity index (χ3v) is 3.41. The van der Waals surface area contributed by atoms with Gasteiger partial charge in [0.1, 0.15) is 30.3 Å². The van der Waals surface area contributed by atoms with Gasteiger partial charge in [-0.3, -0.25) is 14.4 Å². The van der Waals surface area contributed by atoms with Crippen LogP contribution >= 0.6 is 0 Å². The fraction of sp³-hybridized carbons (Fsp3) is 0.111. The molecule has 1 amide bonds. The molecule has 0 bridgehead atoms. The van der Waals surface area contributed by atoms with Crippen molar-refractivity contribution in [1.29, 1.82) is 0 Å². The topological polar surface area (TPSA) is 80.4 Å². The number of carbonyl (C=O) groups excluding carboxylic acids is 1. The lowest BCUT2D eigenvalue weighted by Crippen LogP contribution is -2.30. The predicted octanol–water partition coefficient (Wildman–Crippen LogP) is 2.41. The minimum Gasteiger partial charge on any atom is -0.491 e. The number of benzene rings is 2. The van der Waals surface area contributed by atoms with Crippen LogP contribution in [0, 0.1) is 5.82 Å². The molecule has 0 unspecified atom stereocenters. The number of hydroxylamine groups is 1. The monoisotopic (exact) mass is 342 g/mol. The van der Waals surface area contributed by atoms with Crippen molar-refractivity contribution in [2.75, 3.05) is 13.2 Å². The fourth-order valence-electron chi connectivity index (χ4n) is 2.23. The van der Waals surface area contributed by atoms with Gasteiger partial charge in [0.05, 0.1) is 5.52 Å². The number of hydrogen-bond acceptors (Lipinski definition) is 4. The molecule has 7 heteroatoms. The number of halogens is 1. The van der Waals surface area contributed by atoms with Crippen molar-refractivity contribution in [2.45, 2.75) is 0 Å². The molecule has 6 nitrogen and oxygen atoms in total. The van der Waals surface area contributed by atoms with Crippen molar-refractivity contribution < 1.29 is 18.8 Å². The molecule has 0 aliphatic heterocycles. The standard InChI is InChI=1S/C18H15FN2O4/c19-13-7-6-12-10-15(17(22)20-16(12)11-13)18(23)21-25-9-8-24-14-4-2-1-3-5-14/h1-7,10-11H,8-9H2,(H,20,22)(H,21,23). The Balaban J connectivity index is 1.56. The molecule has 0 aliphatic carbocycles. The maximum atomic E-state index is 13.2. The number of amides is 1. The number of pyridine rings is 1. The number of H-pyrrole nitrogens is 1. The number of nitrogens with one attached hydrogen (secondary N) is 2. The van der Waals surface area contributed by atoms with E-state index < -0.39 is 17.3 Å². The molecule has 3 rings (SSSR count). The van der Waals surface area contributed by atoms with Crippen LogP contribution in [0.25, 0.3) is 10.9 Å². The Hall–Kier alpha value is -3.19. The Kier molecular flexibility index (Phi) is 5.06. The van der Waals surface area contributed by atoms with Crippen molar-refractivity contribution in [3.8, 4) is 5.75 Å². The zero-order valence-electron chi connectivity index (χ0n) is 13.1. The van der Waals surface area contributed by atoms with Crippen LogP contribution in [0.4, 0.5) is 4.39 Å². The summed E-state index contributed by atoms with van der Waals surface area (Å²) in [5, 5.41) is 0.540. The predicted molar refractivity (Wildman–Crippen MR) is 89.9 cm³/mol. The summed E-state index contributed by atoms with van der Waals surface area (Å²) in [7, 11) is 0. The molecule has 1 aromatic heterocycles. The molecular weight excluding hydrogens is 327 g/mol. The van der Waals surface area contributed by atoms with Crippen LogP contribution in [0.5, 0.6) is 5.75 Å². The van der Waals surface area contributed by atoms with Gasteiger partial charge in [-0.1, -0.05) is 18.2 Å². The van der Waals surface area contributed by atoms with E-state index in [1.807, 2.05) is 18.2 Å². The van der Waals surface area contributed by atoms with Crippen LogP contribution in [0.1, 0.15) is 10.4 Å². The molecule has 0 radical (unpaired) electrons. The van der Waals surface area contributed by atoms with E-state index in [9.17, 15) is 14.0 Å². The third kappa shape index (κ3) is 4.21. The lowest BCUT2D eigenvalue weighted by molar-refractivity contribution is 0.0199. The summed E-state index contributed by atoms with van der Waals surface area (Å²) >= 11 is 0. The summed E-state index contributed by atoms with van der Waals surface area (Å²) in [5.74, 6) is -0.468. The van der Waals surface area contributed by atoms with Gasteiger partial charge in [0.15, 0.2) is 0 Å². The van der Waals surface area contributed by atoms with Crippen molar-refractivity contribution >= 4 is 16.8 Å². The zero-order chi connectivity index (χ0) is 17.6. The quantitative estimate of drug-likeness (QED) is 0.532. The van der Waals surface area contributed by atoms with Crippen molar-refractivity contribution in [1.82, 2.24) is 10.5 Å². The average molecular weight is 342 g/mol. The van der Waals surface area contributed by atoms with Crippen molar-refractivity contribution in [3.05, 3.63) is 76.3 Å². The summed E-state index contributed by atoms with van der Waals surface area (Å²) < 4.78 is 18.6. The molecule has 25 heavy (non-hydrogen) atoms. The highest BCUT2D eigenvalue weighted by molar-refractivity contribution is 5.96. The SMILES string of the molecule is O=C(NOCCOc1ccccc1)c1cc2ccc(F)cc2[nH]c1=O. The molecule has 1 heterocycles. The van der Waals surface area contributed by atoms with Crippen molar-refractivity contribution in [2.24, 2.45) is 0 Å². The first-order valence-corrected chi connectivity index (χ1v) is 7.56. The van der Waals surface area contributed by atoms with Gasteiger partial charge < -0.3 is 9.72 Å². The fourth-order valence-corrected chi connectivity index (χ4v) is 2.23. The number of fused-ring (bicyclic) bond motifs is 1. The molecule has 0 aliphatic rings. The molecule has 0 fully saturated rings. The van der Waals surface area contributed by atoms with E-state index in [1.54, 1.807) is 12.1 Å². The molecule has 0 spiro atoms. The normalized spacial score (nSPS) is 10.6. The van der Waals surface area contributed by atoms with Gasteiger partial charge in [-0.2, -0.15) is 0 Å². The van der Waals surface area contributed by atoms with Gasteiger partial charge in [0.25, 0.3) is 11.5 Å². The lowest BCUT2D eigenvalue weighted by Gasteiger charge is -2.08. The molecule has 3 aromatic rings. The van der Waals surface area contributed by atoms with Gasteiger partial charge >= 0.3 is 0 Å². The second kappa shape index (κ2) is 7.59. The molecule has 0 atom stereocenters. The Morgan fingerprint density at radius 1 is 1.08 bits per heavy atom. The first-order valence-electron chi connectivity index (χ1n) is 7.56. The van der Waals surface area contributed by atoms with E-state index in [-0.39, 0.29) is 18.8 Å². The number of aromatic nitrogens is 1. The number of para-hydroxylation sites is 1. The second-order valence-corrected chi connectivity index (χ2v) is 5.18. The van der Waals surface area contributed by atoms with Gasteiger partial charge in [-0.05, 0) is 41.8 Å². The average Bonchev–Trinajstić information content (AvgIpc) is 2.61. The molecule has 2 N–H and O–H groups in total. The van der Waals surface area contributed by atoms with Crippen LogP contribution in [0.3, 0.4) is 0 Å². The van der Waals surface area contributed by atoms with Gasteiger partial charge in [-0.25, -0.2) is 9.87 Å². The highest BCUT2D eigenvalue weighted by Gasteiger charge is 2.12. The summed E-state index contributed by atoms with van der Waals surface area (Å²) in [5.41, 5.74) is 1.76. The Bertz CT molecular complexity index is 941. The Labute approximate surface area is 142 Å². The summed E-state index contributed by atoms with van der Waals surface area (Å²) in [6.45, 7) is 0.342. The largest absolute Gasteiger partial charge is 0.491 e. The smallest absolute Gasteiger partial charge is 0.280 e. The summed E-state index contributed by atoms with van der Waals surface area (Å²) in [4.78, 5) is 31.5. The number of hydrogen-bond donors (Lipinski definition) is 2. The van der Waals surface area contributed by atoms with E-state index in [1.165, 1.54) is 24.3 Å². The number of aromatic amines is 1. The number of ether oxygens (including phenoxy) is 1. The van der Waals surface area contributed by atoms with E-state index in [0.29, 0.717) is 16.7 Å². The van der Waals surface area contributed by atoms with Gasteiger partial charge in [-0.15, -0.1) is 0 Å². The van der Waals surface area contributed by atoms with Crippen LogP contribution in [0.2, 0.25) is 0 Å². The highest BCUT2D eigenvalue weighted by Crippen LogP contribution is 2.12. The zero-order valence-corrected chi connectivity index (χ0v) is 13.1. The Morgan fingerprint density at radius 2 is 1.88 bits per heavy atom. The summed E-state index contributed by atoms with van der Waals surface area (Å²) in [6, 6.07) is 14.5. The van der Waals surface area contributed by atoms with Gasteiger partial charge in [0, 0.05) is 0 Å². The number of carbonyl (C=O) groups is 1.